The molecule has 1 aromatic rings. The van der Waals surface area contributed by atoms with Crippen LogP contribution in [0.1, 0.15) is 16.8 Å². The average molecular weight is 254 g/mol. The number of hydrogen-bond donors (Lipinski definition) is 1. The van der Waals surface area contributed by atoms with Crippen molar-refractivity contribution in [2.45, 2.75) is 6.42 Å². The minimum atomic E-state index is -1.27. The zero-order chi connectivity index (χ0) is 13.7. The van der Waals surface area contributed by atoms with Crippen molar-refractivity contribution in [2.24, 2.45) is 0 Å². The molecule has 0 heterocycles. The number of halogens is 2. The predicted octanol–water partition coefficient (Wildman–Crippen LogP) is 1.63. The van der Waals surface area contributed by atoms with Gasteiger partial charge in [0.1, 0.15) is 5.82 Å². The number of hydrogen-bond acceptors (Lipinski definition) is 3. The van der Waals surface area contributed by atoms with E-state index in [0.29, 0.717) is 12.1 Å². The molecule has 0 bridgehead atoms. The van der Waals surface area contributed by atoms with E-state index in [9.17, 15) is 23.7 Å². The fourth-order valence-corrected chi connectivity index (χ4v) is 1.19. The van der Waals surface area contributed by atoms with Gasteiger partial charge in [-0.15, -0.1) is 12.3 Å². The molecule has 0 saturated heterocycles. The molecular weight excluding hydrogens is 246 g/mol. The van der Waals surface area contributed by atoms with Crippen molar-refractivity contribution in [1.29, 1.82) is 0 Å². The maximum Gasteiger partial charge on any atom is 0.307 e. The van der Waals surface area contributed by atoms with Gasteiger partial charge in [0, 0.05) is 13.0 Å². The number of benzene rings is 1. The third kappa shape index (κ3) is 3.01. The molecule has 0 saturated carbocycles. The van der Waals surface area contributed by atoms with Gasteiger partial charge in [0.05, 0.1) is 16.6 Å². The second-order valence-electron chi connectivity index (χ2n) is 3.25. The van der Waals surface area contributed by atoms with Crippen LogP contribution in [-0.2, 0) is 0 Å². The first-order valence-corrected chi connectivity index (χ1v) is 4.82. The smallest absolute Gasteiger partial charge is 0.307 e. The highest BCUT2D eigenvalue weighted by atomic mass is 19.1. The molecule has 1 aromatic carbocycles. The normalized spacial score (nSPS) is 9.61. The topological polar surface area (TPSA) is 72.2 Å². The van der Waals surface area contributed by atoms with Crippen molar-refractivity contribution >= 4 is 11.6 Å². The Labute approximate surface area is 101 Å². The zero-order valence-electron chi connectivity index (χ0n) is 9.07. The third-order valence-electron chi connectivity index (χ3n) is 2.03. The Kier molecular flexibility index (Phi) is 4.32. The molecule has 0 radical (unpaired) electrons. The number of carbonyl (C=O) groups excluding carboxylic acids is 1. The van der Waals surface area contributed by atoms with Crippen LogP contribution in [-0.4, -0.2) is 17.4 Å². The average Bonchev–Trinajstić information content (AvgIpc) is 2.31. The SMILES string of the molecule is C#CCCNC(=O)c1cc(F)c([N+](=O)[O-])cc1F. The molecule has 0 unspecified atom stereocenters. The largest absolute Gasteiger partial charge is 0.351 e. The first kappa shape index (κ1) is 13.6. The predicted molar refractivity (Wildman–Crippen MR) is 58.8 cm³/mol. The Bertz CT molecular complexity index is 538. The molecule has 18 heavy (non-hydrogen) atoms. The van der Waals surface area contributed by atoms with Crippen molar-refractivity contribution in [2.75, 3.05) is 6.54 Å². The summed E-state index contributed by atoms with van der Waals surface area (Å²) in [6.45, 7) is 0.105. The van der Waals surface area contributed by atoms with Crippen LogP contribution in [0.4, 0.5) is 14.5 Å². The van der Waals surface area contributed by atoms with Crippen molar-refractivity contribution in [1.82, 2.24) is 5.32 Å². The summed E-state index contributed by atoms with van der Waals surface area (Å²) in [5, 5.41) is 12.6. The summed E-state index contributed by atoms with van der Waals surface area (Å²) < 4.78 is 26.6. The minimum Gasteiger partial charge on any atom is -0.351 e. The lowest BCUT2D eigenvalue weighted by Crippen LogP contribution is -2.25. The standard InChI is InChI=1S/C11H8F2N2O3/c1-2-3-4-14-11(16)7-5-9(13)10(15(17)18)6-8(7)12/h1,5-6H,3-4H2,(H,14,16). The zero-order valence-corrected chi connectivity index (χ0v) is 9.07. The molecule has 0 spiro atoms. The van der Waals surface area contributed by atoms with Gasteiger partial charge in [-0.05, 0) is 6.07 Å². The summed E-state index contributed by atoms with van der Waals surface area (Å²) in [6, 6.07) is 0.851. The molecule has 7 heteroatoms. The Morgan fingerprint density at radius 2 is 2.11 bits per heavy atom. The molecule has 94 valence electrons. The Morgan fingerprint density at radius 3 is 2.67 bits per heavy atom. The van der Waals surface area contributed by atoms with E-state index in [2.05, 4.69) is 11.2 Å². The molecule has 1 rings (SSSR count). The number of nitrogens with one attached hydrogen (secondary N) is 1. The van der Waals surface area contributed by atoms with Crippen molar-refractivity contribution in [3.05, 3.63) is 39.4 Å². The van der Waals surface area contributed by atoms with E-state index in [1.165, 1.54) is 0 Å². The number of terminal acetylenes is 1. The highest BCUT2D eigenvalue weighted by Crippen LogP contribution is 2.21. The first-order valence-electron chi connectivity index (χ1n) is 4.82. The van der Waals surface area contributed by atoms with Crippen LogP contribution >= 0.6 is 0 Å². The maximum absolute atomic E-state index is 13.4. The van der Waals surface area contributed by atoms with Crippen molar-refractivity contribution in [3.63, 3.8) is 0 Å². The second-order valence-corrected chi connectivity index (χ2v) is 3.25. The van der Waals surface area contributed by atoms with E-state index < -0.39 is 33.7 Å². The summed E-state index contributed by atoms with van der Waals surface area (Å²) >= 11 is 0. The summed E-state index contributed by atoms with van der Waals surface area (Å²) in [6.07, 6.45) is 5.19. The van der Waals surface area contributed by atoms with Gasteiger partial charge in [-0.25, -0.2) is 4.39 Å². The third-order valence-corrected chi connectivity index (χ3v) is 2.03. The van der Waals surface area contributed by atoms with Crippen molar-refractivity contribution < 1.29 is 18.5 Å². The van der Waals surface area contributed by atoms with Crippen LogP contribution in [0, 0.1) is 34.1 Å². The van der Waals surface area contributed by atoms with Gasteiger partial charge in [0.2, 0.25) is 5.82 Å². The van der Waals surface area contributed by atoms with E-state index in [0.717, 1.165) is 0 Å². The number of carbonyl (C=O) groups is 1. The number of nitro benzene ring substituents is 1. The van der Waals surface area contributed by atoms with Gasteiger partial charge in [-0.2, -0.15) is 4.39 Å². The minimum absolute atomic E-state index is 0.105. The molecule has 1 amide bonds. The second kappa shape index (κ2) is 5.72. The molecule has 0 aromatic heterocycles. The number of rotatable bonds is 4. The lowest BCUT2D eigenvalue weighted by atomic mass is 10.1. The quantitative estimate of drug-likeness (QED) is 0.384. The van der Waals surface area contributed by atoms with E-state index in [1.807, 2.05) is 0 Å². The van der Waals surface area contributed by atoms with E-state index in [-0.39, 0.29) is 13.0 Å². The van der Waals surface area contributed by atoms with Crippen LogP contribution in [0.15, 0.2) is 12.1 Å². The summed E-state index contributed by atoms with van der Waals surface area (Å²) in [7, 11) is 0. The van der Waals surface area contributed by atoms with Gasteiger partial charge in [-0.1, -0.05) is 0 Å². The van der Waals surface area contributed by atoms with Gasteiger partial charge in [0.15, 0.2) is 0 Å². The number of amides is 1. The Hall–Kier alpha value is -2.49. The highest BCUT2D eigenvalue weighted by molar-refractivity contribution is 5.94. The van der Waals surface area contributed by atoms with Crippen LogP contribution in [0.5, 0.6) is 0 Å². The molecule has 0 atom stereocenters. The van der Waals surface area contributed by atoms with E-state index in [1.54, 1.807) is 0 Å². The Morgan fingerprint density at radius 1 is 1.44 bits per heavy atom. The van der Waals surface area contributed by atoms with Gasteiger partial charge < -0.3 is 5.32 Å². The molecule has 1 N–H and O–H groups in total. The fourth-order valence-electron chi connectivity index (χ4n) is 1.19. The lowest BCUT2D eigenvalue weighted by Gasteiger charge is -2.04. The monoisotopic (exact) mass is 254 g/mol. The van der Waals surface area contributed by atoms with E-state index in [4.69, 9.17) is 6.42 Å². The molecule has 5 nitrogen and oxygen atoms in total. The number of nitro groups is 1. The molecule has 0 fully saturated rings. The van der Waals surface area contributed by atoms with Gasteiger partial charge >= 0.3 is 5.69 Å². The lowest BCUT2D eigenvalue weighted by molar-refractivity contribution is -0.387. The van der Waals surface area contributed by atoms with E-state index >= 15 is 0 Å². The molecule has 0 aliphatic heterocycles. The van der Waals surface area contributed by atoms with Gasteiger partial charge in [-0.3, -0.25) is 14.9 Å². The summed E-state index contributed by atoms with van der Waals surface area (Å²) in [5.41, 5.74) is -1.62. The summed E-state index contributed by atoms with van der Waals surface area (Å²) in [4.78, 5) is 20.7. The van der Waals surface area contributed by atoms with Crippen LogP contribution in [0.25, 0.3) is 0 Å². The van der Waals surface area contributed by atoms with Crippen LogP contribution < -0.4 is 5.32 Å². The number of nitrogens with zero attached hydrogens (tertiary/aromatic N) is 1. The summed E-state index contributed by atoms with van der Waals surface area (Å²) in [5.74, 6) is -1.07. The Balaban J connectivity index is 2.98. The van der Waals surface area contributed by atoms with Crippen LogP contribution in [0.3, 0.4) is 0 Å². The van der Waals surface area contributed by atoms with Crippen LogP contribution in [0.2, 0.25) is 0 Å². The molecule has 0 aliphatic rings. The van der Waals surface area contributed by atoms with Gasteiger partial charge in [0.25, 0.3) is 5.91 Å². The van der Waals surface area contributed by atoms with Crippen molar-refractivity contribution in [3.8, 4) is 12.3 Å². The first-order chi connectivity index (χ1) is 8.47. The fraction of sp³-hybridized carbons (Fsp3) is 0.182. The highest BCUT2D eigenvalue weighted by Gasteiger charge is 2.21. The maximum atomic E-state index is 13.4. The molecule has 0 aliphatic carbocycles. The molecular formula is C11H8F2N2O3.